The number of carbonyl (C=O) groups is 4. The number of nitrogens with one attached hydrogen (secondary N) is 1. The van der Waals surface area contributed by atoms with E-state index in [0.717, 1.165) is 0 Å². The van der Waals surface area contributed by atoms with Crippen molar-refractivity contribution in [2.75, 3.05) is 43.7 Å². The molecule has 3 aliphatic rings. The van der Waals surface area contributed by atoms with Gasteiger partial charge >= 0.3 is 0 Å². The maximum absolute atomic E-state index is 13.9. The third kappa shape index (κ3) is 4.73. The second kappa shape index (κ2) is 11.6. The summed E-state index contributed by atoms with van der Waals surface area (Å²) in [5, 5.41) is 47.5. The fourth-order valence-corrected chi connectivity index (χ4v) is 6.11. The summed E-state index contributed by atoms with van der Waals surface area (Å²) in [4.78, 5) is 54.4. The summed E-state index contributed by atoms with van der Waals surface area (Å²) in [5.41, 5.74) is 2.44. The van der Waals surface area contributed by atoms with Gasteiger partial charge in [-0.05, 0) is 44.5 Å². The maximum atomic E-state index is 13.9. The molecule has 7 N–H and O–H groups in total. The van der Waals surface area contributed by atoms with E-state index in [1.54, 1.807) is 39.2 Å². The van der Waals surface area contributed by atoms with Gasteiger partial charge in [-0.25, -0.2) is 0 Å². The lowest BCUT2D eigenvalue weighted by Gasteiger charge is -2.50. The number of benzene rings is 1. The van der Waals surface area contributed by atoms with E-state index >= 15 is 0 Å². The predicted octanol–water partition coefficient (Wildman–Crippen LogP) is 1.21. The van der Waals surface area contributed by atoms with Gasteiger partial charge < -0.3 is 36.4 Å². The highest BCUT2D eigenvalue weighted by atomic mass is 79.9. The number of fused-ring (bicyclic) bond motifs is 3. The van der Waals surface area contributed by atoms with Crippen LogP contribution in [0.5, 0.6) is 5.75 Å². The maximum Gasteiger partial charge on any atom is 0.255 e. The Labute approximate surface area is 250 Å². The lowest BCUT2D eigenvalue weighted by Crippen LogP contribution is -2.65. The molecule has 2 unspecified atom stereocenters. The minimum Gasteiger partial charge on any atom is -0.508 e. The Hall–Kier alpha value is -2.84. The van der Waals surface area contributed by atoms with Crippen LogP contribution in [0.2, 0.25) is 0 Å². The third-order valence-corrected chi connectivity index (χ3v) is 8.08. The molecule has 0 radical (unpaired) electrons. The number of hydrogen-bond donors (Lipinski definition) is 6. The number of primary amides is 1. The van der Waals surface area contributed by atoms with Crippen molar-refractivity contribution in [1.82, 2.24) is 4.90 Å². The number of alkyl halides is 1. The zero-order chi connectivity index (χ0) is 28.4. The molecule has 15 heteroatoms. The average molecular weight is 666 g/mol. The SMILES string of the molecule is CN(C)c1cc(NC(=O)CBr)c(O)c2c1CC1CC3[C@H](N(C)C)C(=O)C(C(N)=O)=C(O)[C@@]3(O)C(=O)C1=C2O.Cl.Cl. The van der Waals surface area contributed by atoms with E-state index in [-0.39, 0.29) is 59.8 Å². The number of hydrogen-bond acceptors (Lipinski definition) is 10. The first-order valence-corrected chi connectivity index (χ1v) is 12.9. The molecule has 0 aromatic heterocycles. The summed E-state index contributed by atoms with van der Waals surface area (Å²) in [7, 11) is 6.55. The summed E-state index contributed by atoms with van der Waals surface area (Å²) < 4.78 is 0. The van der Waals surface area contributed by atoms with E-state index in [2.05, 4.69) is 21.2 Å². The van der Waals surface area contributed by atoms with Crippen molar-refractivity contribution in [3.63, 3.8) is 0 Å². The number of nitrogens with zero attached hydrogens (tertiary/aromatic N) is 2. The van der Waals surface area contributed by atoms with E-state index in [4.69, 9.17) is 5.73 Å². The number of halogens is 3. The number of carbonyl (C=O) groups excluding carboxylic acids is 4. The number of phenolic OH excluding ortho intramolecular Hbond substituents is 1. The van der Waals surface area contributed by atoms with E-state index < -0.39 is 69.7 Å². The molecule has 2 amide bonds. The van der Waals surface area contributed by atoms with Crippen molar-refractivity contribution in [3.8, 4) is 5.75 Å². The van der Waals surface area contributed by atoms with E-state index in [1.165, 1.54) is 4.90 Å². The van der Waals surface area contributed by atoms with Crippen LogP contribution in [-0.2, 0) is 25.6 Å². The summed E-state index contributed by atoms with van der Waals surface area (Å²) >= 11 is 3.04. The first-order chi connectivity index (χ1) is 17.7. The number of nitrogens with two attached hydrogens (primary N) is 1. The topological polar surface area (TPSA) is 194 Å². The zero-order valence-corrected chi connectivity index (χ0v) is 25.2. The smallest absolute Gasteiger partial charge is 0.255 e. The molecule has 3 aliphatic carbocycles. The molecule has 12 nitrogen and oxygen atoms in total. The number of Topliss-reactive ketones (excluding diaryl/α,β-unsaturated/α-hetero) is 2. The molecule has 1 aromatic rings. The molecule has 1 fully saturated rings. The van der Waals surface area contributed by atoms with Crippen molar-refractivity contribution in [3.05, 3.63) is 34.1 Å². The number of ketones is 2. The fourth-order valence-electron chi connectivity index (χ4n) is 5.97. The average Bonchev–Trinajstić information content (AvgIpc) is 2.82. The number of phenols is 1. The van der Waals surface area contributed by atoms with Crippen LogP contribution in [0.3, 0.4) is 0 Å². The highest BCUT2D eigenvalue weighted by Crippen LogP contribution is 2.54. The molecule has 0 bridgehead atoms. The van der Waals surface area contributed by atoms with Gasteiger partial charge in [0.05, 0.1) is 22.6 Å². The normalized spacial score (nSPS) is 25.3. The van der Waals surface area contributed by atoms with Gasteiger partial charge in [0.25, 0.3) is 5.91 Å². The molecule has 0 spiro atoms. The summed E-state index contributed by atoms with van der Waals surface area (Å²) in [6, 6.07) is 0.394. The van der Waals surface area contributed by atoms with Gasteiger partial charge in [-0.1, -0.05) is 15.9 Å². The van der Waals surface area contributed by atoms with Crippen molar-refractivity contribution in [2.45, 2.75) is 24.5 Å². The number of aromatic hydroxyl groups is 1. The molecule has 1 saturated carbocycles. The molecule has 4 rings (SSSR count). The first kappa shape index (κ1) is 33.4. The number of aliphatic hydroxyl groups excluding tert-OH is 2. The van der Waals surface area contributed by atoms with E-state index in [0.29, 0.717) is 11.3 Å². The predicted molar refractivity (Wildman–Crippen MR) is 155 cm³/mol. The Kier molecular flexibility index (Phi) is 9.65. The second-order valence-corrected chi connectivity index (χ2v) is 10.7. The van der Waals surface area contributed by atoms with Crippen LogP contribution in [0.25, 0.3) is 5.76 Å². The minimum absolute atomic E-state index is 0. The molecular weight excluding hydrogens is 635 g/mol. The van der Waals surface area contributed by atoms with Gasteiger partial charge in [-0.3, -0.25) is 24.1 Å². The number of likely N-dealkylation sites (N-methyl/N-ethyl adjacent to an activating group) is 1. The standard InChI is InChI=1S/C25H29BrN4O8.2ClH/c1-29(2)13-7-12(28-14(31)8-26)19(32)16-10(13)5-9-6-11-18(30(3)4)21(34)17(24(27)37)23(36)25(11,38)22(35)15(9)20(16)33;;/h7,9,11,18,32-33,36,38H,5-6,8H2,1-4H3,(H2,27,37)(H,28,31);2*1H/t9?,11?,18-,25-;;/m0../s1. The fraction of sp³-hybridized carbons (Fsp3) is 0.440. The highest BCUT2D eigenvalue weighted by Gasteiger charge is 2.64. The van der Waals surface area contributed by atoms with Gasteiger partial charge in [0, 0.05) is 31.3 Å². The van der Waals surface area contributed by atoms with Crippen molar-refractivity contribution in [1.29, 1.82) is 0 Å². The monoisotopic (exact) mass is 664 g/mol. The quantitative estimate of drug-likeness (QED) is 0.151. The molecular formula is C25H31BrCl2N4O8. The Morgan fingerprint density at radius 3 is 2.25 bits per heavy atom. The third-order valence-electron chi connectivity index (χ3n) is 7.57. The van der Waals surface area contributed by atoms with Crippen LogP contribution in [0.15, 0.2) is 23.0 Å². The van der Waals surface area contributed by atoms with Gasteiger partial charge in [0.2, 0.25) is 11.7 Å². The molecule has 40 heavy (non-hydrogen) atoms. The van der Waals surface area contributed by atoms with Crippen LogP contribution in [0.4, 0.5) is 11.4 Å². The summed E-state index contributed by atoms with van der Waals surface area (Å²) in [5.74, 6) is -7.78. The van der Waals surface area contributed by atoms with Gasteiger partial charge in [-0.15, -0.1) is 24.8 Å². The van der Waals surface area contributed by atoms with Crippen molar-refractivity contribution in [2.24, 2.45) is 17.6 Å². The summed E-state index contributed by atoms with van der Waals surface area (Å²) in [6.07, 6.45) is 0.129. The molecule has 1 aromatic carbocycles. The number of anilines is 2. The zero-order valence-electron chi connectivity index (χ0n) is 22.0. The van der Waals surface area contributed by atoms with Crippen molar-refractivity contribution < 1.29 is 39.6 Å². The van der Waals surface area contributed by atoms with Crippen LogP contribution in [0, 0.1) is 11.8 Å². The molecule has 0 heterocycles. The Morgan fingerprint density at radius 2 is 1.75 bits per heavy atom. The van der Waals surface area contributed by atoms with Crippen LogP contribution in [0.1, 0.15) is 17.5 Å². The number of amides is 2. The van der Waals surface area contributed by atoms with Crippen LogP contribution >= 0.6 is 40.7 Å². The van der Waals surface area contributed by atoms with E-state index in [1.807, 2.05) is 0 Å². The Bertz CT molecular complexity index is 1360. The summed E-state index contributed by atoms with van der Waals surface area (Å²) in [6.45, 7) is 0. The Morgan fingerprint density at radius 1 is 1.15 bits per heavy atom. The highest BCUT2D eigenvalue weighted by molar-refractivity contribution is 9.09. The second-order valence-electron chi connectivity index (χ2n) is 10.2. The largest absolute Gasteiger partial charge is 0.508 e. The minimum atomic E-state index is -2.72. The molecule has 220 valence electrons. The van der Waals surface area contributed by atoms with Gasteiger partial charge in [-0.2, -0.15) is 0 Å². The lowest BCUT2D eigenvalue weighted by molar-refractivity contribution is -0.153. The first-order valence-electron chi connectivity index (χ1n) is 11.7. The Balaban J connectivity index is 0.00000280. The van der Waals surface area contributed by atoms with Crippen molar-refractivity contribution >= 4 is 81.3 Å². The number of aliphatic hydroxyl groups is 3. The molecule has 0 saturated heterocycles. The van der Waals surface area contributed by atoms with Crippen LogP contribution < -0.4 is 16.0 Å². The lowest BCUT2D eigenvalue weighted by atomic mass is 9.57. The van der Waals surface area contributed by atoms with Gasteiger partial charge in [0.15, 0.2) is 11.4 Å². The number of rotatable bonds is 5. The molecule has 0 aliphatic heterocycles. The van der Waals surface area contributed by atoms with Crippen LogP contribution in [-0.4, -0.2) is 93.9 Å². The van der Waals surface area contributed by atoms with Gasteiger partial charge in [0.1, 0.15) is 22.8 Å². The van der Waals surface area contributed by atoms with E-state index in [9.17, 15) is 39.6 Å². The molecule has 4 atom stereocenters.